The van der Waals surface area contributed by atoms with Crippen LogP contribution in [0.15, 0.2) is 48.7 Å². The average Bonchev–Trinajstić information content (AvgIpc) is 3.15. The Bertz CT molecular complexity index is 1130. The molecular weight excluding hydrogens is 459 g/mol. The summed E-state index contributed by atoms with van der Waals surface area (Å²) >= 11 is 0. The lowest BCUT2D eigenvalue weighted by atomic mass is 9.57. The van der Waals surface area contributed by atoms with Crippen molar-refractivity contribution >= 4 is 18.1 Å². The fourth-order valence-corrected chi connectivity index (χ4v) is 6.64. The number of aromatic nitrogens is 1. The van der Waals surface area contributed by atoms with Gasteiger partial charge in [0, 0.05) is 23.7 Å². The van der Waals surface area contributed by atoms with E-state index in [2.05, 4.69) is 16.4 Å². The van der Waals surface area contributed by atoms with E-state index in [0.29, 0.717) is 18.4 Å². The summed E-state index contributed by atoms with van der Waals surface area (Å²) in [5.41, 5.74) is 2.48. The van der Waals surface area contributed by atoms with Gasteiger partial charge in [0.1, 0.15) is 11.9 Å². The number of cyclic esters (lactones) is 1. The number of carbonyl (C=O) groups excluding carboxylic acids is 2. The maximum Gasteiger partial charge on any atom is 0.407 e. The first-order chi connectivity index (χ1) is 17.4. The number of nitrogens with zero attached hydrogens (tertiary/aromatic N) is 1. The van der Waals surface area contributed by atoms with E-state index in [1.54, 1.807) is 19.2 Å². The first-order valence-electron chi connectivity index (χ1n) is 13.0. The van der Waals surface area contributed by atoms with Crippen molar-refractivity contribution in [3.63, 3.8) is 0 Å². The summed E-state index contributed by atoms with van der Waals surface area (Å²) in [6.07, 6.45) is 9.07. The second-order valence-corrected chi connectivity index (χ2v) is 10.3. The van der Waals surface area contributed by atoms with Crippen molar-refractivity contribution in [1.29, 1.82) is 0 Å². The Hall–Kier alpha value is -3.22. The molecule has 0 bridgehead atoms. The van der Waals surface area contributed by atoms with Crippen LogP contribution in [0.4, 0.5) is 9.18 Å². The predicted molar refractivity (Wildman–Crippen MR) is 134 cm³/mol. The number of ether oxygens (including phenoxy) is 2. The molecule has 1 saturated heterocycles. The van der Waals surface area contributed by atoms with Gasteiger partial charge in [-0.2, -0.15) is 0 Å². The number of pyridine rings is 1. The Labute approximate surface area is 211 Å². The van der Waals surface area contributed by atoms with Crippen LogP contribution in [0, 0.1) is 35.4 Å². The molecule has 0 radical (unpaired) electrons. The molecule has 0 unspecified atom stereocenters. The molecule has 3 aliphatic rings. The zero-order valence-corrected chi connectivity index (χ0v) is 20.7. The minimum Gasteiger partial charge on any atom is -0.462 e. The number of benzene rings is 1. The third-order valence-electron chi connectivity index (χ3n) is 8.18. The van der Waals surface area contributed by atoms with Crippen molar-refractivity contribution < 1.29 is 23.5 Å². The molecule has 7 atom stereocenters. The SMILES string of the molecule is CCOC(=O)N[C@@H]1CC[C@H]2[C@@H](C1)C[C@@H]1C(=O)O[C@@H](C)[C@@H]1[C@@H]2/C=C/c1ccc(-c2cccc(F)c2)cn1. The lowest BCUT2D eigenvalue weighted by Gasteiger charge is -2.47. The van der Waals surface area contributed by atoms with Gasteiger partial charge in [-0.25, -0.2) is 9.18 Å². The molecule has 1 aliphatic heterocycles. The van der Waals surface area contributed by atoms with Gasteiger partial charge < -0.3 is 14.8 Å². The number of hydrogen-bond acceptors (Lipinski definition) is 5. The van der Waals surface area contributed by atoms with E-state index in [1.807, 2.05) is 31.2 Å². The van der Waals surface area contributed by atoms with Crippen LogP contribution in [-0.2, 0) is 14.3 Å². The van der Waals surface area contributed by atoms with E-state index in [4.69, 9.17) is 9.47 Å². The van der Waals surface area contributed by atoms with Gasteiger partial charge in [0.25, 0.3) is 0 Å². The molecule has 190 valence electrons. The predicted octanol–water partition coefficient (Wildman–Crippen LogP) is 5.63. The van der Waals surface area contributed by atoms with Crippen LogP contribution in [0.25, 0.3) is 17.2 Å². The number of amides is 1. The highest BCUT2D eigenvalue weighted by atomic mass is 19.1. The zero-order valence-electron chi connectivity index (χ0n) is 20.7. The molecule has 2 aliphatic carbocycles. The summed E-state index contributed by atoms with van der Waals surface area (Å²) in [7, 11) is 0. The lowest BCUT2D eigenvalue weighted by molar-refractivity contribution is -0.144. The summed E-state index contributed by atoms with van der Waals surface area (Å²) in [4.78, 5) is 29.2. The van der Waals surface area contributed by atoms with Crippen molar-refractivity contribution in [2.75, 3.05) is 6.61 Å². The van der Waals surface area contributed by atoms with Gasteiger partial charge in [-0.15, -0.1) is 0 Å². The third kappa shape index (κ3) is 5.01. The summed E-state index contributed by atoms with van der Waals surface area (Å²) in [5, 5.41) is 3.00. The van der Waals surface area contributed by atoms with Gasteiger partial charge in [0.2, 0.25) is 0 Å². The zero-order chi connectivity index (χ0) is 25.2. The van der Waals surface area contributed by atoms with Crippen LogP contribution >= 0.6 is 0 Å². The van der Waals surface area contributed by atoms with Gasteiger partial charge in [0.05, 0.1) is 18.2 Å². The van der Waals surface area contributed by atoms with Crippen LogP contribution in [0.2, 0.25) is 0 Å². The summed E-state index contributed by atoms with van der Waals surface area (Å²) in [5.74, 6) is 0.629. The fraction of sp³-hybridized carbons (Fsp3) is 0.483. The minimum atomic E-state index is -0.368. The molecule has 7 heteroatoms. The first-order valence-corrected chi connectivity index (χ1v) is 13.0. The van der Waals surface area contributed by atoms with Crippen molar-refractivity contribution in [2.45, 2.75) is 51.7 Å². The third-order valence-corrected chi connectivity index (χ3v) is 8.18. The maximum absolute atomic E-state index is 13.6. The molecule has 6 nitrogen and oxygen atoms in total. The average molecular weight is 493 g/mol. The summed E-state index contributed by atoms with van der Waals surface area (Å²) in [6, 6.07) is 10.4. The smallest absolute Gasteiger partial charge is 0.407 e. The molecule has 1 amide bonds. The first kappa shape index (κ1) is 24.5. The van der Waals surface area contributed by atoms with Gasteiger partial charge in [-0.05, 0) is 87.1 Å². The van der Waals surface area contributed by atoms with E-state index < -0.39 is 0 Å². The van der Waals surface area contributed by atoms with Gasteiger partial charge in [-0.1, -0.05) is 24.3 Å². The summed E-state index contributed by atoms with van der Waals surface area (Å²) < 4.78 is 24.3. The Morgan fingerprint density at radius 3 is 2.83 bits per heavy atom. The molecule has 1 aromatic carbocycles. The molecule has 5 rings (SSSR count). The van der Waals surface area contributed by atoms with E-state index in [9.17, 15) is 14.0 Å². The van der Waals surface area contributed by atoms with Gasteiger partial charge >= 0.3 is 12.1 Å². The number of halogens is 1. The Morgan fingerprint density at radius 1 is 1.22 bits per heavy atom. The molecule has 1 N–H and O–H groups in total. The Balaban J connectivity index is 1.34. The Kier molecular flexibility index (Phi) is 7.08. The quantitative estimate of drug-likeness (QED) is 0.548. The van der Waals surface area contributed by atoms with E-state index in [-0.39, 0.29) is 47.8 Å². The molecule has 0 spiro atoms. The fourth-order valence-electron chi connectivity index (χ4n) is 6.64. The molecule has 36 heavy (non-hydrogen) atoms. The molecule has 2 saturated carbocycles. The van der Waals surface area contributed by atoms with Crippen LogP contribution < -0.4 is 5.32 Å². The number of esters is 1. The number of hydrogen-bond donors (Lipinski definition) is 1. The van der Waals surface area contributed by atoms with Crippen LogP contribution in [0.3, 0.4) is 0 Å². The number of alkyl carbamates (subject to hydrolysis) is 1. The molecule has 2 heterocycles. The van der Waals surface area contributed by atoms with Crippen LogP contribution in [-0.4, -0.2) is 35.8 Å². The van der Waals surface area contributed by atoms with Crippen LogP contribution in [0.1, 0.15) is 45.2 Å². The van der Waals surface area contributed by atoms with Gasteiger partial charge in [-0.3, -0.25) is 9.78 Å². The van der Waals surface area contributed by atoms with Crippen LogP contribution in [0.5, 0.6) is 0 Å². The number of rotatable bonds is 5. The normalized spacial score (nSPS) is 31.4. The molecular formula is C29H33FN2O4. The highest BCUT2D eigenvalue weighted by Gasteiger charge is 2.54. The molecule has 2 aromatic rings. The largest absolute Gasteiger partial charge is 0.462 e. The second-order valence-electron chi connectivity index (χ2n) is 10.3. The van der Waals surface area contributed by atoms with E-state index >= 15 is 0 Å². The van der Waals surface area contributed by atoms with E-state index in [1.165, 1.54) is 12.1 Å². The van der Waals surface area contributed by atoms with Crippen molar-refractivity contribution in [3.05, 3.63) is 60.2 Å². The van der Waals surface area contributed by atoms with Gasteiger partial charge in [0.15, 0.2) is 0 Å². The highest BCUT2D eigenvalue weighted by Crippen LogP contribution is 2.53. The lowest BCUT2D eigenvalue weighted by Crippen LogP contribution is -2.48. The highest BCUT2D eigenvalue weighted by molar-refractivity contribution is 5.75. The van der Waals surface area contributed by atoms with Crippen molar-refractivity contribution in [3.8, 4) is 11.1 Å². The Morgan fingerprint density at radius 2 is 2.08 bits per heavy atom. The minimum absolute atomic E-state index is 0.0679. The monoisotopic (exact) mass is 492 g/mol. The molecule has 1 aromatic heterocycles. The topological polar surface area (TPSA) is 77.5 Å². The number of fused-ring (bicyclic) bond motifs is 2. The number of allylic oxidation sites excluding steroid dienone is 1. The van der Waals surface area contributed by atoms with Crippen molar-refractivity contribution in [1.82, 2.24) is 10.3 Å². The number of nitrogens with one attached hydrogen (secondary N) is 1. The standard InChI is InChI=1S/C29H33FN2O4/c1-3-35-29(34)32-23-10-11-24-20(14-23)15-26-27(17(2)36-28(26)33)25(24)12-9-22-8-7-19(16-31-22)18-5-4-6-21(30)13-18/h4-9,12-13,16-17,20,23-27H,3,10-11,14-15H2,1-2H3,(H,32,34)/b12-9+/t17-,20-,23+,24-,25+,26-,27+/m0/s1. The van der Waals surface area contributed by atoms with Crippen molar-refractivity contribution in [2.24, 2.45) is 29.6 Å². The molecule has 3 fully saturated rings. The number of carbonyl (C=O) groups is 2. The van der Waals surface area contributed by atoms with E-state index in [0.717, 1.165) is 42.5 Å². The second kappa shape index (κ2) is 10.4. The maximum atomic E-state index is 13.6. The summed E-state index contributed by atoms with van der Waals surface area (Å²) in [6.45, 7) is 4.15.